The molecule has 1 aromatic carbocycles. The molecule has 0 bridgehead atoms. The molecule has 1 unspecified atom stereocenters. The Balaban J connectivity index is 2.08. The van der Waals surface area contributed by atoms with Crippen molar-refractivity contribution >= 4 is 17.2 Å². The highest BCUT2D eigenvalue weighted by molar-refractivity contribution is 5.57. The highest BCUT2D eigenvalue weighted by atomic mass is 16.6. The minimum Gasteiger partial charge on any atom is -0.340 e. The number of hydrogen-bond donors (Lipinski definition) is 1. The van der Waals surface area contributed by atoms with Crippen LogP contribution in [0.5, 0.6) is 0 Å². The number of pyridine rings is 1. The summed E-state index contributed by atoms with van der Waals surface area (Å²) in [5.74, 6) is 1.13. The molecule has 0 aliphatic rings. The molecule has 0 amide bonds. The summed E-state index contributed by atoms with van der Waals surface area (Å²) in [6, 6.07) is 11.2. The minimum atomic E-state index is -0.461. The SMILES string of the molecule is CCC(C)c1ccc(Nc2ccc([N+](=O)[O-])cn2)cc1. The van der Waals surface area contributed by atoms with Crippen LogP contribution in [0.3, 0.4) is 0 Å². The van der Waals surface area contributed by atoms with Crippen LogP contribution in [0, 0.1) is 10.1 Å². The van der Waals surface area contributed by atoms with Crippen molar-refractivity contribution in [2.45, 2.75) is 26.2 Å². The van der Waals surface area contributed by atoms with E-state index >= 15 is 0 Å². The Morgan fingerprint density at radius 1 is 1.25 bits per heavy atom. The number of nitro groups is 1. The molecule has 0 aliphatic heterocycles. The summed E-state index contributed by atoms with van der Waals surface area (Å²) in [5.41, 5.74) is 2.20. The van der Waals surface area contributed by atoms with E-state index < -0.39 is 4.92 Å². The molecular weight excluding hydrogens is 254 g/mol. The van der Waals surface area contributed by atoms with Crippen LogP contribution in [-0.2, 0) is 0 Å². The van der Waals surface area contributed by atoms with Crippen molar-refractivity contribution in [1.82, 2.24) is 4.98 Å². The Hall–Kier alpha value is -2.43. The van der Waals surface area contributed by atoms with Crippen LogP contribution in [0.2, 0.25) is 0 Å². The lowest BCUT2D eigenvalue weighted by atomic mass is 9.99. The Morgan fingerprint density at radius 3 is 2.45 bits per heavy atom. The Morgan fingerprint density at radius 2 is 1.95 bits per heavy atom. The summed E-state index contributed by atoms with van der Waals surface area (Å²) in [6.07, 6.45) is 2.35. The lowest BCUT2D eigenvalue weighted by molar-refractivity contribution is -0.385. The van der Waals surface area contributed by atoms with Gasteiger partial charge in [0.25, 0.3) is 5.69 Å². The molecule has 0 saturated heterocycles. The fraction of sp³-hybridized carbons (Fsp3) is 0.267. The fourth-order valence-electron chi connectivity index (χ4n) is 1.85. The molecule has 5 nitrogen and oxygen atoms in total. The van der Waals surface area contributed by atoms with Gasteiger partial charge in [-0.15, -0.1) is 0 Å². The van der Waals surface area contributed by atoms with Crippen LogP contribution >= 0.6 is 0 Å². The molecular formula is C15H17N3O2. The van der Waals surface area contributed by atoms with Crippen molar-refractivity contribution < 1.29 is 4.92 Å². The van der Waals surface area contributed by atoms with E-state index in [4.69, 9.17) is 0 Å². The lowest BCUT2D eigenvalue weighted by Crippen LogP contribution is -1.96. The van der Waals surface area contributed by atoms with Crippen LogP contribution in [0.1, 0.15) is 31.7 Å². The summed E-state index contributed by atoms with van der Waals surface area (Å²) >= 11 is 0. The second-order valence-electron chi connectivity index (χ2n) is 4.72. The van der Waals surface area contributed by atoms with Crippen molar-refractivity contribution in [3.8, 4) is 0 Å². The molecule has 1 heterocycles. The predicted octanol–water partition coefficient (Wildman–Crippen LogP) is 4.25. The van der Waals surface area contributed by atoms with Gasteiger partial charge >= 0.3 is 0 Å². The Labute approximate surface area is 117 Å². The zero-order valence-electron chi connectivity index (χ0n) is 11.5. The van der Waals surface area contributed by atoms with Gasteiger partial charge in [-0.1, -0.05) is 26.0 Å². The third-order valence-electron chi connectivity index (χ3n) is 3.32. The fourth-order valence-corrected chi connectivity index (χ4v) is 1.85. The zero-order valence-corrected chi connectivity index (χ0v) is 11.5. The third-order valence-corrected chi connectivity index (χ3v) is 3.32. The first-order valence-corrected chi connectivity index (χ1v) is 6.57. The van der Waals surface area contributed by atoms with Crippen LogP contribution in [0.4, 0.5) is 17.2 Å². The molecule has 20 heavy (non-hydrogen) atoms. The van der Waals surface area contributed by atoms with Crippen LogP contribution in [-0.4, -0.2) is 9.91 Å². The van der Waals surface area contributed by atoms with Gasteiger partial charge in [-0.2, -0.15) is 0 Å². The van der Waals surface area contributed by atoms with Gasteiger partial charge < -0.3 is 5.32 Å². The smallest absolute Gasteiger partial charge is 0.287 e. The quantitative estimate of drug-likeness (QED) is 0.652. The first-order chi connectivity index (χ1) is 9.60. The van der Waals surface area contributed by atoms with Crippen molar-refractivity contribution in [2.24, 2.45) is 0 Å². The van der Waals surface area contributed by atoms with Gasteiger partial charge in [0.05, 0.1) is 4.92 Å². The van der Waals surface area contributed by atoms with Gasteiger partial charge in [0.2, 0.25) is 0 Å². The maximum atomic E-state index is 10.5. The van der Waals surface area contributed by atoms with E-state index in [0.717, 1.165) is 12.1 Å². The maximum Gasteiger partial charge on any atom is 0.287 e. The third kappa shape index (κ3) is 3.32. The first-order valence-electron chi connectivity index (χ1n) is 6.57. The molecule has 5 heteroatoms. The molecule has 1 N–H and O–H groups in total. The second-order valence-corrected chi connectivity index (χ2v) is 4.72. The maximum absolute atomic E-state index is 10.5. The van der Waals surface area contributed by atoms with E-state index in [0.29, 0.717) is 11.7 Å². The largest absolute Gasteiger partial charge is 0.340 e. The number of rotatable bonds is 5. The van der Waals surface area contributed by atoms with Crippen molar-refractivity contribution in [3.63, 3.8) is 0 Å². The number of benzene rings is 1. The van der Waals surface area contributed by atoms with Crippen LogP contribution < -0.4 is 5.32 Å². The zero-order chi connectivity index (χ0) is 14.5. The summed E-state index contributed by atoms with van der Waals surface area (Å²) in [7, 11) is 0. The predicted molar refractivity (Wildman–Crippen MR) is 79.3 cm³/mol. The minimum absolute atomic E-state index is 0.0114. The highest BCUT2D eigenvalue weighted by Crippen LogP contribution is 2.22. The molecule has 2 aromatic rings. The van der Waals surface area contributed by atoms with Gasteiger partial charge in [-0.3, -0.25) is 10.1 Å². The lowest BCUT2D eigenvalue weighted by Gasteiger charge is -2.10. The van der Waals surface area contributed by atoms with Crippen molar-refractivity contribution in [1.29, 1.82) is 0 Å². The van der Waals surface area contributed by atoms with Gasteiger partial charge in [-0.25, -0.2) is 4.98 Å². The number of anilines is 2. The molecule has 0 aliphatic carbocycles. The molecule has 0 saturated carbocycles. The monoisotopic (exact) mass is 271 g/mol. The Kier molecular flexibility index (Phi) is 4.30. The van der Waals surface area contributed by atoms with Gasteiger partial charge in [0.1, 0.15) is 12.0 Å². The summed E-state index contributed by atoms with van der Waals surface area (Å²) < 4.78 is 0. The van der Waals surface area contributed by atoms with E-state index in [2.05, 4.69) is 36.3 Å². The number of nitrogens with one attached hydrogen (secondary N) is 1. The van der Waals surface area contributed by atoms with E-state index in [-0.39, 0.29) is 5.69 Å². The van der Waals surface area contributed by atoms with Crippen molar-refractivity contribution in [2.75, 3.05) is 5.32 Å². The molecule has 0 radical (unpaired) electrons. The van der Waals surface area contributed by atoms with Gasteiger partial charge in [0, 0.05) is 11.8 Å². The highest BCUT2D eigenvalue weighted by Gasteiger charge is 2.06. The van der Waals surface area contributed by atoms with E-state index in [1.54, 1.807) is 6.07 Å². The molecule has 0 fully saturated rings. The molecule has 104 valence electrons. The molecule has 1 aromatic heterocycles. The number of nitrogens with zero attached hydrogens (tertiary/aromatic N) is 2. The topological polar surface area (TPSA) is 68.1 Å². The van der Waals surface area contributed by atoms with Gasteiger partial charge in [0.15, 0.2) is 0 Å². The molecule has 0 spiro atoms. The molecule has 2 rings (SSSR count). The molecule has 1 atom stereocenters. The van der Waals surface area contributed by atoms with E-state index in [9.17, 15) is 10.1 Å². The van der Waals surface area contributed by atoms with E-state index in [1.165, 1.54) is 17.8 Å². The standard InChI is InChI=1S/C15H17N3O2/c1-3-11(2)12-4-6-13(7-5-12)17-15-9-8-14(10-16-15)18(19)20/h4-11H,3H2,1-2H3,(H,16,17). The van der Waals surface area contributed by atoms with Crippen LogP contribution in [0.25, 0.3) is 0 Å². The van der Waals surface area contributed by atoms with E-state index in [1.807, 2.05) is 12.1 Å². The van der Waals surface area contributed by atoms with Crippen molar-refractivity contribution in [3.05, 3.63) is 58.3 Å². The average molecular weight is 271 g/mol. The average Bonchev–Trinajstić information content (AvgIpc) is 2.48. The summed E-state index contributed by atoms with van der Waals surface area (Å²) in [5, 5.41) is 13.7. The number of hydrogen-bond acceptors (Lipinski definition) is 4. The van der Waals surface area contributed by atoms with Crippen LogP contribution in [0.15, 0.2) is 42.6 Å². The first kappa shape index (κ1) is 14.0. The summed E-state index contributed by atoms with van der Waals surface area (Å²) in [4.78, 5) is 14.1. The number of aromatic nitrogens is 1. The normalized spacial score (nSPS) is 11.9. The Bertz CT molecular complexity index is 579. The van der Waals surface area contributed by atoms with Gasteiger partial charge in [-0.05, 0) is 36.1 Å². The second kappa shape index (κ2) is 6.14. The summed E-state index contributed by atoms with van der Waals surface area (Å²) in [6.45, 7) is 4.36.